The highest BCUT2D eigenvalue weighted by Crippen LogP contribution is 2.32. The molecule has 0 saturated carbocycles. The number of nitro groups is 1. The molecule has 24 heavy (non-hydrogen) atoms. The third-order valence-electron chi connectivity index (χ3n) is 4.50. The van der Waals surface area contributed by atoms with Gasteiger partial charge in [-0.2, -0.15) is 5.10 Å². The van der Waals surface area contributed by atoms with Gasteiger partial charge in [0.25, 0.3) is 0 Å². The summed E-state index contributed by atoms with van der Waals surface area (Å²) in [7, 11) is 1.79. The molecule has 0 N–H and O–H groups in total. The molecule has 1 fully saturated rings. The zero-order valence-corrected chi connectivity index (χ0v) is 14.2. The van der Waals surface area contributed by atoms with Crippen molar-refractivity contribution in [2.24, 2.45) is 7.05 Å². The fourth-order valence-electron chi connectivity index (χ4n) is 3.30. The molecular weight excluding hydrogens is 306 g/mol. The van der Waals surface area contributed by atoms with E-state index in [-0.39, 0.29) is 10.6 Å². The third-order valence-corrected chi connectivity index (χ3v) is 4.50. The molecule has 7 nitrogen and oxygen atoms in total. The van der Waals surface area contributed by atoms with Crippen molar-refractivity contribution in [3.8, 4) is 0 Å². The van der Waals surface area contributed by atoms with Crippen LogP contribution in [0.25, 0.3) is 0 Å². The molecule has 128 valence electrons. The second-order valence-electron chi connectivity index (χ2n) is 6.10. The van der Waals surface area contributed by atoms with Gasteiger partial charge in [0.1, 0.15) is 5.69 Å². The van der Waals surface area contributed by atoms with Crippen molar-refractivity contribution in [2.45, 2.75) is 19.9 Å². The van der Waals surface area contributed by atoms with Crippen LogP contribution in [0.4, 0.5) is 11.5 Å². The quantitative estimate of drug-likeness (QED) is 0.621. The summed E-state index contributed by atoms with van der Waals surface area (Å²) in [5.41, 5.74) is 2.02. The van der Waals surface area contributed by atoms with Gasteiger partial charge in [0.2, 0.25) is 5.82 Å². The standard InChI is InChI=1S/C17H23N5O2/c1-3-15-16(22(23)24)17(19(2)18-15)21-11-9-20(10-12-21)13-14-7-5-4-6-8-14/h4-8H,3,9-13H2,1-2H3. The molecule has 0 radical (unpaired) electrons. The number of nitrogens with zero attached hydrogens (tertiary/aromatic N) is 5. The van der Waals surface area contributed by atoms with Crippen molar-refractivity contribution in [1.29, 1.82) is 0 Å². The van der Waals surface area contributed by atoms with Crippen LogP contribution in [0.3, 0.4) is 0 Å². The zero-order chi connectivity index (χ0) is 17.1. The normalized spacial score (nSPS) is 15.7. The molecule has 2 heterocycles. The smallest absolute Gasteiger partial charge is 0.334 e. The van der Waals surface area contributed by atoms with Crippen LogP contribution >= 0.6 is 0 Å². The maximum Gasteiger partial charge on any atom is 0.334 e. The molecule has 1 aromatic carbocycles. The second kappa shape index (κ2) is 7.00. The molecule has 1 aliphatic heterocycles. The molecule has 3 rings (SSSR count). The Labute approximate surface area is 141 Å². The van der Waals surface area contributed by atoms with E-state index in [1.807, 2.05) is 13.0 Å². The fraction of sp³-hybridized carbons (Fsp3) is 0.471. The van der Waals surface area contributed by atoms with E-state index in [9.17, 15) is 10.1 Å². The summed E-state index contributed by atoms with van der Waals surface area (Å²) >= 11 is 0. The Kier molecular flexibility index (Phi) is 4.80. The first-order valence-corrected chi connectivity index (χ1v) is 8.31. The van der Waals surface area contributed by atoms with E-state index in [1.54, 1.807) is 11.7 Å². The number of hydrogen-bond donors (Lipinski definition) is 0. The van der Waals surface area contributed by atoms with Crippen LogP contribution in [0.5, 0.6) is 0 Å². The number of benzene rings is 1. The van der Waals surface area contributed by atoms with E-state index in [0.717, 1.165) is 32.7 Å². The summed E-state index contributed by atoms with van der Waals surface area (Å²) in [5.74, 6) is 0.635. The first-order chi connectivity index (χ1) is 11.6. The van der Waals surface area contributed by atoms with Crippen LogP contribution in [-0.2, 0) is 20.0 Å². The first kappa shape index (κ1) is 16.4. The molecule has 7 heteroatoms. The molecule has 0 atom stereocenters. The average Bonchev–Trinajstić information content (AvgIpc) is 2.93. The average molecular weight is 329 g/mol. The Morgan fingerprint density at radius 2 is 1.83 bits per heavy atom. The van der Waals surface area contributed by atoms with Gasteiger partial charge < -0.3 is 4.90 Å². The monoisotopic (exact) mass is 329 g/mol. The summed E-state index contributed by atoms with van der Waals surface area (Å²) in [5, 5.41) is 15.8. The Morgan fingerprint density at radius 1 is 1.17 bits per heavy atom. The highest BCUT2D eigenvalue weighted by atomic mass is 16.6. The summed E-state index contributed by atoms with van der Waals surface area (Å²) in [6.07, 6.45) is 0.568. The lowest BCUT2D eigenvalue weighted by atomic mass is 10.2. The van der Waals surface area contributed by atoms with Crippen molar-refractivity contribution in [3.63, 3.8) is 0 Å². The van der Waals surface area contributed by atoms with E-state index in [4.69, 9.17) is 0 Å². The molecule has 0 aliphatic carbocycles. The molecule has 0 unspecified atom stereocenters. The van der Waals surface area contributed by atoms with Crippen LogP contribution in [0.1, 0.15) is 18.2 Å². The predicted molar refractivity (Wildman–Crippen MR) is 93.2 cm³/mol. The van der Waals surface area contributed by atoms with Crippen LogP contribution in [0.2, 0.25) is 0 Å². The van der Waals surface area contributed by atoms with Crippen molar-refractivity contribution in [3.05, 3.63) is 51.7 Å². The lowest BCUT2D eigenvalue weighted by molar-refractivity contribution is -0.384. The lowest BCUT2D eigenvalue weighted by Gasteiger charge is -2.35. The maximum atomic E-state index is 11.5. The van der Waals surface area contributed by atoms with Gasteiger partial charge in [-0.15, -0.1) is 0 Å². The summed E-state index contributed by atoms with van der Waals surface area (Å²) < 4.78 is 1.66. The van der Waals surface area contributed by atoms with E-state index in [1.165, 1.54) is 5.56 Å². The Bertz CT molecular complexity index is 705. The minimum atomic E-state index is -0.294. The van der Waals surface area contributed by atoms with E-state index in [0.29, 0.717) is 17.9 Å². The second-order valence-corrected chi connectivity index (χ2v) is 6.10. The first-order valence-electron chi connectivity index (χ1n) is 8.31. The van der Waals surface area contributed by atoms with Gasteiger partial charge in [-0.25, -0.2) is 4.68 Å². The number of rotatable bonds is 5. The summed E-state index contributed by atoms with van der Waals surface area (Å²) in [6.45, 7) is 6.14. The number of hydrogen-bond acceptors (Lipinski definition) is 5. The van der Waals surface area contributed by atoms with Crippen LogP contribution in [-0.4, -0.2) is 45.8 Å². The fourth-order valence-corrected chi connectivity index (χ4v) is 3.30. The highest BCUT2D eigenvalue weighted by molar-refractivity contribution is 5.61. The lowest BCUT2D eigenvalue weighted by Crippen LogP contribution is -2.46. The Morgan fingerprint density at radius 3 is 2.42 bits per heavy atom. The molecule has 0 spiro atoms. The molecule has 0 amide bonds. The minimum absolute atomic E-state index is 0.163. The van der Waals surface area contributed by atoms with Gasteiger partial charge in [0.15, 0.2) is 0 Å². The van der Waals surface area contributed by atoms with Gasteiger partial charge in [-0.3, -0.25) is 15.0 Å². The molecular formula is C17H23N5O2. The summed E-state index contributed by atoms with van der Waals surface area (Å²) in [6, 6.07) is 10.4. The molecule has 0 bridgehead atoms. The summed E-state index contributed by atoms with van der Waals surface area (Å²) in [4.78, 5) is 15.7. The van der Waals surface area contributed by atoms with Crippen molar-refractivity contribution in [2.75, 3.05) is 31.1 Å². The molecule has 1 aromatic heterocycles. The maximum absolute atomic E-state index is 11.5. The molecule has 2 aromatic rings. The van der Waals surface area contributed by atoms with Crippen LogP contribution < -0.4 is 4.90 Å². The number of aryl methyl sites for hydroxylation is 2. The van der Waals surface area contributed by atoms with E-state index in [2.05, 4.69) is 39.2 Å². The van der Waals surface area contributed by atoms with Crippen molar-refractivity contribution in [1.82, 2.24) is 14.7 Å². The van der Waals surface area contributed by atoms with Crippen molar-refractivity contribution < 1.29 is 4.92 Å². The van der Waals surface area contributed by atoms with Gasteiger partial charge >= 0.3 is 5.69 Å². The SMILES string of the molecule is CCc1nn(C)c(N2CCN(Cc3ccccc3)CC2)c1[N+](=O)[O-]. The minimum Gasteiger partial charge on any atom is -0.349 e. The van der Waals surface area contributed by atoms with Crippen LogP contribution in [0, 0.1) is 10.1 Å². The molecule has 1 saturated heterocycles. The molecule has 1 aliphatic rings. The Hall–Kier alpha value is -2.41. The largest absolute Gasteiger partial charge is 0.349 e. The van der Waals surface area contributed by atoms with Crippen molar-refractivity contribution >= 4 is 11.5 Å². The predicted octanol–water partition coefficient (Wildman–Crippen LogP) is 2.21. The zero-order valence-electron chi connectivity index (χ0n) is 14.2. The van der Waals surface area contributed by atoms with E-state index < -0.39 is 0 Å². The van der Waals surface area contributed by atoms with Gasteiger partial charge in [0.05, 0.1) is 4.92 Å². The van der Waals surface area contributed by atoms with Gasteiger partial charge in [-0.1, -0.05) is 37.3 Å². The Balaban J connectivity index is 1.71. The van der Waals surface area contributed by atoms with E-state index >= 15 is 0 Å². The van der Waals surface area contributed by atoms with Gasteiger partial charge in [-0.05, 0) is 12.0 Å². The number of anilines is 1. The van der Waals surface area contributed by atoms with Gasteiger partial charge in [0, 0.05) is 39.8 Å². The number of piperazine rings is 1. The number of aromatic nitrogens is 2. The third kappa shape index (κ3) is 3.26. The topological polar surface area (TPSA) is 67.4 Å². The highest BCUT2D eigenvalue weighted by Gasteiger charge is 2.31. The van der Waals surface area contributed by atoms with Crippen LogP contribution in [0.15, 0.2) is 30.3 Å².